The van der Waals surface area contributed by atoms with Crippen molar-refractivity contribution in [1.82, 2.24) is 9.97 Å². The van der Waals surface area contributed by atoms with E-state index in [0.29, 0.717) is 11.5 Å². The van der Waals surface area contributed by atoms with E-state index in [2.05, 4.69) is 61.2 Å². The Kier molecular flexibility index (Phi) is 4.82. The van der Waals surface area contributed by atoms with Crippen LogP contribution < -0.4 is 10.2 Å². The third-order valence-corrected chi connectivity index (χ3v) is 5.33. The van der Waals surface area contributed by atoms with Gasteiger partial charge in [-0.3, -0.25) is 4.79 Å². The standard InChI is InChI=1S/C24H26N4O/c1-16-13-17-7-5-6-8-21(17)28(16)22(29)18-14-25-23(26-15-18)27-20-11-9-19(10-12-20)24(2,3)4/h5-12,14-16H,13H2,1-4H3,(H,25,26,27). The molecular formula is C24H26N4O. The first-order chi connectivity index (χ1) is 13.8. The van der Waals surface area contributed by atoms with Crippen molar-refractivity contribution in [3.8, 4) is 0 Å². The minimum absolute atomic E-state index is 0.0662. The van der Waals surface area contributed by atoms with Crippen LogP contribution in [0, 0.1) is 0 Å². The summed E-state index contributed by atoms with van der Waals surface area (Å²) in [6.07, 6.45) is 4.05. The van der Waals surface area contributed by atoms with E-state index in [1.165, 1.54) is 11.1 Å². The molecular weight excluding hydrogens is 360 g/mol. The van der Waals surface area contributed by atoms with Crippen LogP contribution in [0.15, 0.2) is 60.9 Å². The summed E-state index contributed by atoms with van der Waals surface area (Å²) in [7, 11) is 0. The average molecular weight is 386 g/mol. The van der Waals surface area contributed by atoms with E-state index in [1.807, 2.05) is 35.2 Å². The van der Waals surface area contributed by atoms with E-state index in [0.717, 1.165) is 17.8 Å². The number of carbonyl (C=O) groups is 1. The largest absolute Gasteiger partial charge is 0.324 e. The Morgan fingerprint density at radius 1 is 1.03 bits per heavy atom. The summed E-state index contributed by atoms with van der Waals surface area (Å²) in [5, 5.41) is 3.20. The molecule has 4 rings (SSSR count). The molecule has 1 N–H and O–H groups in total. The van der Waals surface area contributed by atoms with Crippen LogP contribution in [0.5, 0.6) is 0 Å². The molecule has 1 aliphatic heterocycles. The van der Waals surface area contributed by atoms with Crippen molar-refractivity contribution in [2.24, 2.45) is 0 Å². The lowest BCUT2D eigenvalue weighted by molar-refractivity contribution is 0.0981. The number of hydrogen-bond donors (Lipinski definition) is 1. The van der Waals surface area contributed by atoms with Crippen LogP contribution in [-0.2, 0) is 11.8 Å². The molecule has 5 nitrogen and oxygen atoms in total. The van der Waals surface area contributed by atoms with Crippen molar-refractivity contribution >= 4 is 23.2 Å². The molecule has 29 heavy (non-hydrogen) atoms. The highest BCUT2D eigenvalue weighted by atomic mass is 16.2. The molecule has 148 valence electrons. The van der Waals surface area contributed by atoms with Crippen LogP contribution in [0.4, 0.5) is 17.3 Å². The van der Waals surface area contributed by atoms with Gasteiger partial charge in [-0.25, -0.2) is 9.97 Å². The molecule has 1 aromatic heterocycles. The van der Waals surface area contributed by atoms with E-state index in [1.54, 1.807) is 12.4 Å². The Balaban J connectivity index is 1.49. The van der Waals surface area contributed by atoms with Gasteiger partial charge in [0.1, 0.15) is 0 Å². The van der Waals surface area contributed by atoms with Crippen molar-refractivity contribution in [2.45, 2.75) is 45.6 Å². The maximum atomic E-state index is 13.0. The number of rotatable bonds is 3. The fourth-order valence-electron chi connectivity index (χ4n) is 3.70. The van der Waals surface area contributed by atoms with Crippen molar-refractivity contribution in [2.75, 3.05) is 10.2 Å². The van der Waals surface area contributed by atoms with Crippen molar-refractivity contribution in [3.05, 3.63) is 77.6 Å². The highest BCUT2D eigenvalue weighted by molar-refractivity contribution is 6.07. The predicted octanol–water partition coefficient (Wildman–Crippen LogP) is 5.11. The molecule has 1 unspecified atom stereocenters. The lowest BCUT2D eigenvalue weighted by Crippen LogP contribution is -2.35. The molecule has 0 bridgehead atoms. The van der Waals surface area contributed by atoms with Gasteiger partial charge in [0.05, 0.1) is 5.56 Å². The van der Waals surface area contributed by atoms with Crippen molar-refractivity contribution < 1.29 is 4.79 Å². The lowest BCUT2D eigenvalue weighted by atomic mass is 9.87. The van der Waals surface area contributed by atoms with E-state index in [4.69, 9.17) is 0 Å². The number of anilines is 3. The third-order valence-electron chi connectivity index (χ3n) is 5.33. The molecule has 1 amide bonds. The number of aromatic nitrogens is 2. The highest BCUT2D eigenvalue weighted by Crippen LogP contribution is 2.33. The number of nitrogens with zero attached hydrogens (tertiary/aromatic N) is 3. The van der Waals surface area contributed by atoms with E-state index in [9.17, 15) is 4.79 Å². The molecule has 2 aromatic carbocycles. The summed E-state index contributed by atoms with van der Waals surface area (Å²) in [5.74, 6) is 0.406. The first kappa shape index (κ1) is 19.1. The van der Waals surface area contributed by atoms with Gasteiger partial charge in [-0.2, -0.15) is 0 Å². The van der Waals surface area contributed by atoms with Crippen LogP contribution in [-0.4, -0.2) is 21.9 Å². The fourth-order valence-corrected chi connectivity index (χ4v) is 3.70. The maximum absolute atomic E-state index is 13.0. The van der Waals surface area contributed by atoms with Gasteiger partial charge >= 0.3 is 0 Å². The van der Waals surface area contributed by atoms with Gasteiger partial charge in [-0.1, -0.05) is 51.1 Å². The summed E-state index contributed by atoms with van der Waals surface area (Å²) in [5.41, 5.74) is 4.96. The predicted molar refractivity (Wildman–Crippen MR) is 117 cm³/mol. The van der Waals surface area contributed by atoms with Crippen LogP contribution in [0.1, 0.15) is 49.2 Å². The van der Waals surface area contributed by atoms with Crippen LogP contribution >= 0.6 is 0 Å². The number of benzene rings is 2. The van der Waals surface area contributed by atoms with E-state index < -0.39 is 0 Å². The van der Waals surface area contributed by atoms with E-state index in [-0.39, 0.29) is 17.4 Å². The van der Waals surface area contributed by atoms with Gasteiger partial charge in [0.15, 0.2) is 0 Å². The van der Waals surface area contributed by atoms with Gasteiger partial charge in [0.2, 0.25) is 5.95 Å². The molecule has 1 aliphatic rings. The second kappa shape index (κ2) is 7.32. The van der Waals surface area contributed by atoms with Gasteiger partial charge in [-0.05, 0) is 48.1 Å². The Morgan fingerprint density at radius 3 is 2.34 bits per heavy atom. The first-order valence-electron chi connectivity index (χ1n) is 9.94. The number of carbonyl (C=O) groups excluding carboxylic acids is 1. The first-order valence-corrected chi connectivity index (χ1v) is 9.94. The molecule has 0 radical (unpaired) electrons. The number of hydrogen-bond acceptors (Lipinski definition) is 4. The minimum Gasteiger partial charge on any atom is -0.324 e. The molecule has 0 saturated heterocycles. The Labute approximate surface area is 171 Å². The zero-order valence-electron chi connectivity index (χ0n) is 17.3. The lowest BCUT2D eigenvalue weighted by Gasteiger charge is -2.22. The van der Waals surface area contributed by atoms with Gasteiger partial charge < -0.3 is 10.2 Å². The normalized spacial score (nSPS) is 15.9. The molecule has 0 fully saturated rings. The Morgan fingerprint density at radius 2 is 1.69 bits per heavy atom. The Bertz CT molecular complexity index is 1020. The maximum Gasteiger partial charge on any atom is 0.261 e. The summed E-state index contributed by atoms with van der Waals surface area (Å²) in [6, 6.07) is 16.4. The van der Waals surface area contributed by atoms with Gasteiger partial charge in [0, 0.05) is 29.8 Å². The third kappa shape index (κ3) is 3.86. The molecule has 2 heterocycles. The second-order valence-electron chi connectivity index (χ2n) is 8.60. The number of nitrogens with one attached hydrogen (secondary N) is 1. The summed E-state index contributed by atoms with van der Waals surface area (Å²) in [6.45, 7) is 8.63. The van der Waals surface area contributed by atoms with Crippen molar-refractivity contribution in [3.63, 3.8) is 0 Å². The molecule has 3 aromatic rings. The zero-order valence-corrected chi connectivity index (χ0v) is 17.3. The fraction of sp³-hybridized carbons (Fsp3) is 0.292. The molecule has 0 spiro atoms. The molecule has 1 atom stereocenters. The van der Waals surface area contributed by atoms with Crippen molar-refractivity contribution in [1.29, 1.82) is 0 Å². The highest BCUT2D eigenvalue weighted by Gasteiger charge is 2.31. The SMILES string of the molecule is CC1Cc2ccccc2N1C(=O)c1cnc(Nc2ccc(C(C)(C)C)cc2)nc1. The number of para-hydroxylation sites is 1. The van der Waals surface area contributed by atoms with Crippen LogP contribution in [0.2, 0.25) is 0 Å². The van der Waals surface area contributed by atoms with Gasteiger partial charge in [-0.15, -0.1) is 0 Å². The van der Waals surface area contributed by atoms with Crippen LogP contribution in [0.25, 0.3) is 0 Å². The second-order valence-corrected chi connectivity index (χ2v) is 8.60. The molecule has 0 aliphatic carbocycles. The van der Waals surface area contributed by atoms with E-state index >= 15 is 0 Å². The summed E-state index contributed by atoms with van der Waals surface area (Å²) >= 11 is 0. The smallest absolute Gasteiger partial charge is 0.261 e. The van der Waals surface area contributed by atoms with Crippen LogP contribution in [0.3, 0.4) is 0 Å². The average Bonchev–Trinajstić information content (AvgIpc) is 3.03. The zero-order chi connectivity index (χ0) is 20.6. The topological polar surface area (TPSA) is 58.1 Å². The van der Waals surface area contributed by atoms with Gasteiger partial charge in [0.25, 0.3) is 5.91 Å². The quantitative estimate of drug-likeness (QED) is 0.680. The number of fused-ring (bicyclic) bond motifs is 1. The molecule has 5 heteroatoms. The number of amides is 1. The molecule has 0 saturated carbocycles. The summed E-state index contributed by atoms with van der Waals surface area (Å²) < 4.78 is 0. The monoisotopic (exact) mass is 386 g/mol. The Hall–Kier alpha value is -3.21. The summed E-state index contributed by atoms with van der Waals surface area (Å²) in [4.78, 5) is 23.6. The minimum atomic E-state index is -0.0662.